The van der Waals surface area contributed by atoms with E-state index in [0.29, 0.717) is 11.4 Å². The summed E-state index contributed by atoms with van der Waals surface area (Å²) in [5.41, 5.74) is 2.20. The Balaban J connectivity index is 1.34. The van der Waals surface area contributed by atoms with Crippen molar-refractivity contribution in [2.45, 2.75) is 25.3 Å². The van der Waals surface area contributed by atoms with E-state index in [1.54, 1.807) is 0 Å². The molecule has 0 radical (unpaired) electrons. The van der Waals surface area contributed by atoms with Crippen molar-refractivity contribution in [3.63, 3.8) is 0 Å². The van der Waals surface area contributed by atoms with Crippen molar-refractivity contribution in [2.24, 2.45) is 0 Å². The number of benzene rings is 1. The van der Waals surface area contributed by atoms with Crippen molar-refractivity contribution in [2.75, 3.05) is 44.5 Å². The summed E-state index contributed by atoms with van der Waals surface area (Å²) >= 11 is 1.96. The molecule has 3 aliphatic rings. The SMILES string of the molecule is O=C(c1cc(-c2ccc3c(c2)OCO3)n[nH]1)N1CCCSCC1CN1CCCC1. The summed E-state index contributed by atoms with van der Waals surface area (Å²) in [5, 5.41) is 7.37. The Morgan fingerprint density at radius 1 is 1.14 bits per heavy atom. The summed E-state index contributed by atoms with van der Waals surface area (Å²) in [5.74, 6) is 3.63. The van der Waals surface area contributed by atoms with E-state index in [2.05, 4.69) is 20.0 Å². The number of thioether (sulfide) groups is 1. The third kappa shape index (κ3) is 3.96. The molecular formula is C21H26N4O3S. The normalized spacial score (nSPS) is 22.1. The summed E-state index contributed by atoms with van der Waals surface area (Å²) in [6, 6.07) is 7.84. The number of nitrogens with zero attached hydrogens (tertiary/aromatic N) is 3. The standard InChI is InChI=1S/C21H26N4O3S/c26-21(25-8-3-9-29-13-16(25)12-24-6-1-2-7-24)18-11-17(22-23-18)15-4-5-19-20(10-15)28-14-27-19/h4-5,10-11,16H,1-3,6-9,12-14H2,(H,22,23). The molecule has 1 atom stereocenters. The molecule has 0 bridgehead atoms. The Labute approximate surface area is 174 Å². The van der Waals surface area contributed by atoms with Crippen LogP contribution in [0.15, 0.2) is 24.3 Å². The number of ether oxygens (including phenoxy) is 2. The van der Waals surface area contributed by atoms with Gasteiger partial charge in [0.1, 0.15) is 5.69 Å². The number of hydrogen-bond donors (Lipinski definition) is 1. The Bertz CT molecular complexity index is 881. The molecule has 1 unspecified atom stereocenters. The van der Waals surface area contributed by atoms with Crippen molar-refractivity contribution in [1.82, 2.24) is 20.0 Å². The minimum absolute atomic E-state index is 0.0520. The first kappa shape index (κ1) is 18.8. The highest BCUT2D eigenvalue weighted by Gasteiger charge is 2.30. The molecule has 1 amide bonds. The number of aromatic amines is 1. The third-order valence-electron chi connectivity index (χ3n) is 5.84. The van der Waals surface area contributed by atoms with E-state index in [9.17, 15) is 4.79 Å². The Morgan fingerprint density at radius 3 is 2.90 bits per heavy atom. The van der Waals surface area contributed by atoms with Gasteiger partial charge < -0.3 is 19.3 Å². The lowest BCUT2D eigenvalue weighted by molar-refractivity contribution is 0.0660. The summed E-state index contributed by atoms with van der Waals surface area (Å²) in [4.78, 5) is 17.9. The first-order valence-electron chi connectivity index (χ1n) is 10.3. The van der Waals surface area contributed by atoms with Crippen LogP contribution >= 0.6 is 11.8 Å². The second kappa shape index (κ2) is 8.28. The summed E-state index contributed by atoms with van der Waals surface area (Å²) < 4.78 is 10.8. The molecule has 0 saturated carbocycles. The summed E-state index contributed by atoms with van der Waals surface area (Å²) in [6.45, 7) is 4.34. The second-order valence-electron chi connectivity index (χ2n) is 7.82. The van der Waals surface area contributed by atoms with Crippen molar-refractivity contribution in [3.05, 3.63) is 30.0 Å². The Hall–Kier alpha value is -2.19. The molecule has 4 heterocycles. The van der Waals surface area contributed by atoms with Crippen molar-refractivity contribution in [1.29, 1.82) is 0 Å². The number of nitrogens with one attached hydrogen (secondary N) is 1. The zero-order valence-corrected chi connectivity index (χ0v) is 17.2. The minimum Gasteiger partial charge on any atom is -0.454 e. The van der Waals surface area contributed by atoms with Crippen LogP contribution in [0.5, 0.6) is 11.5 Å². The first-order chi connectivity index (χ1) is 14.3. The van der Waals surface area contributed by atoms with Gasteiger partial charge in [0.05, 0.1) is 11.7 Å². The average molecular weight is 415 g/mol. The lowest BCUT2D eigenvalue weighted by atomic mass is 10.1. The second-order valence-corrected chi connectivity index (χ2v) is 8.97. The number of amides is 1. The van der Waals surface area contributed by atoms with Gasteiger partial charge in [0.15, 0.2) is 11.5 Å². The van der Waals surface area contributed by atoms with Gasteiger partial charge in [0, 0.05) is 24.4 Å². The maximum absolute atomic E-state index is 13.4. The van der Waals surface area contributed by atoms with Gasteiger partial charge in [-0.05, 0) is 62.4 Å². The molecule has 7 nitrogen and oxygen atoms in total. The fourth-order valence-corrected chi connectivity index (χ4v) is 5.36. The number of carbonyl (C=O) groups excluding carboxylic acids is 1. The number of H-pyrrole nitrogens is 1. The molecular weight excluding hydrogens is 388 g/mol. The van der Waals surface area contributed by atoms with Crippen LogP contribution in [-0.4, -0.2) is 76.4 Å². The Morgan fingerprint density at radius 2 is 2.00 bits per heavy atom. The quantitative estimate of drug-likeness (QED) is 0.830. The first-order valence-corrected chi connectivity index (χ1v) is 11.5. The molecule has 3 aliphatic heterocycles. The predicted octanol–water partition coefficient (Wildman–Crippen LogP) is 2.85. The van der Waals surface area contributed by atoms with Gasteiger partial charge in [-0.3, -0.25) is 9.89 Å². The molecule has 0 aliphatic carbocycles. The van der Waals surface area contributed by atoms with Crippen LogP contribution < -0.4 is 9.47 Å². The number of likely N-dealkylation sites (tertiary alicyclic amines) is 1. The molecule has 1 N–H and O–H groups in total. The molecule has 1 aromatic carbocycles. The molecule has 2 saturated heterocycles. The molecule has 2 aromatic rings. The van der Waals surface area contributed by atoms with E-state index in [4.69, 9.17) is 9.47 Å². The van der Waals surface area contributed by atoms with Gasteiger partial charge in [0.2, 0.25) is 6.79 Å². The van der Waals surface area contributed by atoms with Gasteiger partial charge in [-0.1, -0.05) is 0 Å². The lowest BCUT2D eigenvalue weighted by Crippen LogP contribution is -2.47. The van der Waals surface area contributed by atoms with Crippen molar-refractivity contribution >= 4 is 17.7 Å². The smallest absolute Gasteiger partial charge is 0.272 e. The van der Waals surface area contributed by atoms with Gasteiger partial charge in [-0.15, -0.1) is 0 Å². The highest BCUT2D eigenvalue weighted by molar-refractivity contribution is 7.99. The van der Waals surface area contributed by atoms with E-state index < -0.39 is 0 Å². The van der Waals surface area contributed by atoms with Crippen LogP contribution in [0.1, 0.15) is 29.8 Å². The van der Waals surface area contributed by atoms with Crippen LogP contribution in [-0.2, 0) is 0 Å². The zero-order chi connectivity index (χ0) is 19.6. The van der Waals surface area contributed by atoms with Gasteiger partial charge in [0.25, 0.3) is 5.91 Å². The maximum atomic E-state index is 13.4. The lowest BCUT2D eigenvalue weighted by Gasteiger charge is -2.32. The monoisotopic (exact) mass is 414 g/mol. The fourth-order valence-electron chi connectivity index (χ4n) is 4.30. The van der Waals surface area contributed by atoms with Crippen LogP contribution in [0.3, 0.4) is 0 Å². The highest BCUT2D eigenvalue weighted by Crippen LogP contribution is 2.35. The van der Waals surface area contributed by atoms with Gasteiger partial charge in [-0.25, -0.2) is 0 Å². The molecule has 154 valence electrons. The van der Waals surface area contributed by atoms with Crippen LogP contribution in [0, 0.1) is 0 Å². The van der Waals surface area contributed by atoms with Crippen LogP contribution in [0.4, 0.5) is 0 Å². The molecule has 5 rings (SSSR count). The largest absolute Gasteiger partial charge is 0.454 e. The molecule has 2 fully saturated rings. The van der Waals surface area contributed by atoms with Crippen molar-refractivity contribution < 1.29 is 14.3 Å². The average Bonchev–Trinajstić information content (AvgIpc) is 3.47. The van der Waals surface area contributed by atoms with E-state index >= 15 is 0 Å². The number of rotatable bonds is 4. The number of fused-ring (bicyclic) bond motifs is 1. The van der Waals surface area contributed by atoms with Crippen LogP contribution in [0.25, 0.3) is 11.3 Å². The maximum Gasteiger partial charge on any atom is 0.272 e. The fraction of sp³-hybridized carbons (Fsp3) is 0.524. The summed E-state index contributed by atoms with van der Waals surface area (Å²) in [7, 11) is 0. The van der Waals surface area contributed by atoms with Gasteiger partial charge >= 0.3 is 0 Å². The number of hydrogen-bond acceptors (Lipinski definition) is 6. The zero-order valence-electron chi connectivity index (χ0n) is 16.4. The van der Waals surface area contributed by atoms with E-state index in [-0.39, 0.29) is 18.7 Å². The molecule has 8 heteroatoms. The summed E-state index contributed by atoms with van der Waals surface area (Å²) in [6.07, 6.45) is 3.58. The number of carbonyl (C=O) groups is 1. The number of aromatic nitrogens is 2. The highest BCUT2D eigenvalue weighted by atomic mass is 32.2. The van der Waals surface area contributed by atoms with E-state index in [1.807, 2.05) is 36.0 Å². The van der Waals surface area contributed by atoms with Gasteiger partial charge in [-0.2, -0.15) is 16.9 Å². The molecule has 29 heavy (non-hydrogen) atoms. The van der Waals surface area contributed by atoms with Crippen LogP contribution in [0.2, 0.25) is 0 Å². The van der Waals surface area contributed by atoms with E-state index in [0.717, 1.165) is 61.1 Å². The molecule has 0 spiro atoms. The minimum atomic E-state index is 0.0520. The third-order valence-corrected chi connectivity index (χ3v) is 7.04. The van der Waals surface area contributed by atoms with Crippen molar-refractivity contribution in [3.8, 4) is 22.8 Å². The predicted molar refractivity (Wildman–Crippen MR) is 113 cm³/mol. The Kier molecular flexibility index (Phi) is 5.37. The topological polar surface area (TPSA) is 70.7 Å². The molecule has 1 aromatic heterocycles. The van der Waals surface area contributed by atoms with E-state index in [1.165, 1.54) is 12.8 Å².